The van der Waals surface area contributed by atoms with Crippen LogP contribution >= 0.6 is 11.6 Å². The van der Waals surface area contributed by atoms with Crippen LogP contribution in [-0.2, 0) is 13.0 Å². The number of ketones is 1. The molecule has 32 heavy (non-hydrogen) atoms. The van der Waals surface area contributed by atoms with Crippen molar-refractivity contribution in [1.82, 2.24) is 4.90 Å². The van der Waals surface area contributed by atoms with Crippen molar-refractivity contribution in [1.29, 1.82) is 0 Å². The molecule has 3 aromatic rings. The summed E-state index contributed by atoms with van der Waals surface area (Å²) < 4.78 is 25.9. The summed E-state index contributed by atoms with van der Waals surface area (Å²) in [6, 6.07) is 15.9. The zero-order valence-electron chi connectivity index (χ0n) is 17.5. The van der Waals surface area contributed by atoms with Crippen molar-refractivity contribution < 1.29 is 18.7 Å². The first-order chi connectivity index (χ1) is 15.5. The van der Waals surface area contributed by atoms with Gasteiger partial charge in [-0.1, -0.05) is 48.0 Å². The van der Waals surface area contributed by atoms with Gasteiger partial charge in [-0.05, 0) is 43.2 Å². The lowest BCUT2D eigenvalue weighted by Gasteiger charge is -2.30. The Balaban J connectivity index is 1.38. The molecule has 0 radical (unpaired) electrons. The van der Waals surface area contributed by atoms with Crippen LogP contribution in [0.15, 0.2) is 60.4 Å². The second-order valence-corrected chi connectivity index (χ2v) is 8.40. The van der Waals surface area contributed by atoms with E-state index in [1.165, 1.54) is 12.1 Å². The van der Waals surface area contributed by atoms with Gasteiger partial charge in [0.05, 0.1) is 5.56 Å². The molecule has 0 aromatic heterocycles. The van der Waals surface area contributed by atoms with Gasteiger partial charge < -0.3 is 9.47 Å². The third kappa shape index (κ3) is 3.78. The van der Waals surface area contributed by atoms with E-state index in [2.05, 4.69) is 4.90 Å². The van der Waals surface area contributed by atoms with E-state index in [1.807, 2.05) is 37.3 Å². The van der Waals surface area contributed by atoms with E-state index in [0.29, 0.717) is 30.2 Å². The van der Waals surface area contributed by atoms with Gasteiger partial charge in [-0.15, -0.1) is 0 Å². The predicted molar refractivity (Wildman–Crippen MR) is 122 cm³/mol. The maximum atomic E-state index is 14.0. The lowest BCUT2D eigenvalue weighted by Crippen LogP contribution is -2.34. The number of Topliss-reactive ketones (excluding diaryl/α,β-unsaturated/α-hetero) is 1. The minimum Gasteiger partial charge on any atom is -0.477 e. The maximum Gasteiger partial charge on any atom is 0.231 e. The number of allylic oxidation sites excluding steroid dienone is 1. The average Bonchev–Trinajstić information content (AvgIpc) is 3.10. The molecule has 0 amide bonds. The summed E-state index contributed by atoms with van der Waals surface area (Å²) in [5.74, 6) is 0.702. The van der Waals surface area contributed by atoms with Crippen LogP contribution in [-0.4, -0.2) is 24.0 Å². The Kier molecular flexibility index (Phi) is 5.45. The summed E-state index contributed by atoms with van der Waals surface area (Å²) in [5.41, 5.74) is 3.62. The zero-order valence-corrected chi connectivity index (χ0v) is 18.3. The Morgan fingerprint density at radius 2 is 1.91 bits per heavy atom. The highest BCUT2D eigenvalue weighted by molar-refractivity contribution is 6.31. The van der Waals surface area contributed by atoms with Crippen molar-refractivity contribution in [3.05, 3.63) is 99.0 Å². The van der Waals surface area contributed by atoms with Crippen LogP contribution in [0.2, 0.25) is 5.02 Å². The minimum absolute atomic E-state index is 0.117. The van der Waals surface area contributed by atoms with Gasteiger partial charge in [0.2, 0.25) is 5.78 Å². The first-order valence-electron chi connectivity index (χ1n) is 10.4. The van der Waals surface area contributed by atoms with E-state index in [4.69, 9.17) is 21.1 Å². The van der Waals surface area contributed by atoms with E-state index in [1.54, 1.807) is 18.2 Å². The lowest BCUT2D eigenvalue weighted by atomic mass is 9.99. The highest BCUT2D eigenvalue weighted by Gasteiger charge is 2.33. The summed E-state index contributed by atoms with van der Waals surface area (Å²) in [7, 11) is 0. The fourth-order valence-electron chi connectivity index (χ4n) is 4.15. The number of ether oxygens (including phenoxy) is 2. The zero-order chi connectivity index (χ0) is 22.2. The Morgan fingerprint density at radius 1 is 1.12 bits per heavy atom. The fourth-order valence-corrected chi connectivity index (χ4v) is 4.38. The molecule has 0 fully saturated rings. The number of fused-ring (bicyclic) bond motifs is 2. The standard InChI is InChI=1S/C26H21ClFNO3/c1-16-25-19(14-29(15-31-25)11-10-17-6-2-4-8-21(17)27)12-20-24(30)23(32-26(16)20)13-18-7-3-5-9-22(18)28/h2-9,12-13H,10-11,14-15H2,1H3/b23-13-. The van der Waals surface area contributed by atoms with Crippen LogP contribution in [0, 0.1) is 12.7 Å². The molecule has 2 aliphatic heterocycles. The summed E-state index contributed by atoms with van der Waals surface area (Å²) in [4.78, 5) is 15.2. The molecule has 0 saturated carbocycles. The average molecular weight is 450 g/mol. The topological polar surface area (TPSA) is 38.8 Å². The number of carbonyl (C=O) groups is 1. The normalized spacial score (nSPS) is 16.5. The van der Waals surface area contributed by atoms with E-state index >= 15 is 0 Å². The fraction of sp³-hybridized carbons (Fsp3) is 0.192. The molecule has 0 N–H and O–H groups in total. The maximum absolute atomic E-state index is 14.0. The highest BCUT2D eigenvalue weighted by Crippen LogP contribution is 2.43. The molecule has 4 nitrogen and oxygen atoms in total. The summed E-state index contributed by atoms with van der Waals surface area (Å²) in [6.45, 7) is 3.77. The Hall–Kier alpha value is -3.15. The van der Waals surface area contributed by atoms with Gasteiger partial charge >= 0.3 is 0 Å². The van der Waals surface area contributed by atoms with Gasteiger partial charge in [0.1, 0.15) is 24.0 Å². The molecule has 0 unspecified atom stereocenters. The second-order valence-electron chi connectivity index (χ2n) is 8.00. The van der Waals surface area contributed by atoms with Crippen molar-refractivity contribution in [3.63, 3.8) is 0 Å². The molecule has 0 atom stereocenters. The van der Waals surface area contributed by atoms with E-state index in [9.17, 15) is 9.18 Å². The van der Waals surface area contributed by atoms with Crippen LogP contribution in [0.5, 0.6) is 11.5 Å². The number of carbonyl (C=O) groups excluding carboxylic acids is 1. The highest BCUT2D eigenvalue weighted by atomic mass is 35.5. The number of hydrogen-bond acceptors (Lipinski definition) is 4. The van der Waals surface area contributed by atoms with E-state index < -0.39 is 5.82 Å². The lowest BCUT2D eigenvalue weighted by molar-refractivity contribution is 0.0954. The molecular weight excluding hydrogens is 429 g/mol. The van der Waals surface area contributed by atoms with Crippen molar-refractivity contribution >= 4 is 23.5 Å². The Labute approximate surface area is 190 Å². The summed E-state index contributed by atoms with van der Waals surface area (Å²) >= 11 is 6.28. The van der Waals surface area contributed by atoms with Gasteiger partial charge in [0.15, 0.2) is 5.76 Å². The van der Waals surface area contributed by atoms with Crippen molar-refractivity contribution in [2.45, 2.75) is 19.9 Å². The summed E-state index contributed by atoms with van der Waals surface area (Å²) in [6.07, 6.45) is 2.26. The Bertz CT molecular complexity index is 1250. The summed E-state index contributed by atoms with van der Waals surface area (Å²) in [5, 5.41) is 0.761. The SMILES string of the molecule is Cc1c2c(cc3c1O/C(=C\c1ccccc1F)C3=O)CN(CCc1ccccc1Cl)CO2. The molecule has 2 aliphatic rings. The molecule has 0 saturated heterocycles. The van der Waals surface area contributed by atoms with E-state index in [-0.39, 0.29) is 11.5 Å². The van der Waals surface area contributed by atoms with Gasteiger partial charge in [0.25, 0.3) is 0 Å². The number of nitrogens with zero attached hydrogens (tertiary/aromatic N) is 1. The molecule has 0 bridgehead atoms. The molecular formula is C26H21ClFNO3. The van der Waals surface area contributed by atoms with Crippen LogP contribution in [0.25, 0.3) is 6.08 Å². The molecule has 2 heterocycles. The van der Waals surface area contributed by atoms with Gasteiger partial charge in [-0.2, -0.15) is 0 Å². The van der Waals surface area contributed by atoms with Crippen LogP contribution in [0.3, 0.4) is 0 Å². The van der Waals surface area contributed by atoms with Crippen molar-refractivity contribution in [3.8, 4) is 11.5 Å². The molecule has 0 spiro atoms. The predicted octanol–water partition coefficient (Wildman–Crippen LogP) is 5.80. The number of hydrogen-bond donors (Lipinski definition) is 0. The first-order valence-corrected chi connectivity index (χ1v) is 10.8. The van der Waals surface area contributed by atoms with Gasteiger partial charge in [-0.25, -0.2) is 4.39 Å². The van der Waals surface area contributed by atoms with Crippen LogP contribution in [0.1, 0.15) is 32.6 Å². The van der Waals surface area contributed by atoms with Crippen LogP contribution in [0.4, 0.5) is 4.39 Å². The third-order valence-electron chi connectivity index (χ3n) is 5.85. The van der Waals surface area contributed by atoms with Gasteiger partial charge in [0, 0.05) is 34.8 Å². The van der Waals surface area contributed by atoms with Crippen LogP contribution < -0.4 is 9.47 Å². The van der Waals surface area contributed by atoms with Crippen molar-refractivity contribution in [2.75, 3.05) is 13.3 Å². The molecule has 162 valence electrons. The first kappa shape index (κ1) is 20.7. The monoisotopic (exact) mass is 449 g/mol. The second kappa shape index (κ2) is 8.41. The van der Waals surface area contributed by atoms with E-state index in [0.717, 1.165) is 40.4 Å². The number of rotatable bonds is 4. The third-order valence-corrected chi connectivity index (χ3v) is 6.22. The molecule has 6 heteroatoms. The Morgan fingerprint density at radius 3 is 2.72 bits per heavy atom. The molecule has 3 aromatic carbocycles. The number of halogens is 2. The number of benzene rings is 3. The van der Waals surface area contributed by atoms with Crippen molar-refractivity contribution in [2.24, 2.45) is 0 Å². The quantitative estimate of drug-likeness (QED) is 0.472. The largest absolute Gasteiger partial charge is 0.477 e. The minimum atomic E-state index is -0.402. The molecule has 0 aliphatic carbocycles. The smallest absolute Gasteiger partial charge is 0.231 e. The molecule has 5 rings (SSSR count). The van der Waals surface area contributed by atoms with Gasteiger partial charge in [-0.3, -0.25) is 9.69 Å².